The molecule has 1 saturated heterocycles. The van der Waals surface area contributed by atoms with Crippen molar-refractivity contribution in [2.75, 3.05) is 25.0 Å². The molecule has 7 heteroatoms. The first-order valence-corrected chi connectivity index (χ1v) is 7.47. The Hall–Kier alpha value is -2.15. The molecule has 0 spiro atoms. The van der Waals surface area contributed by atoms with E-state index >= 15 is 0 Å². The summed E-state index contributed by atoms with van der Waals surface area (Å²) in [7, 11) is 1.88. The zero-order valence-electron chi connectivity index (χ0n) is 13.5. The van der Waals surface area contributed by atoms with Crippen molar-refractivity contribution in [2.45, 2.75) is 26.8 Å². The van der Waals surface area contributed by atoms with Crippen molar-refractivity contribution in [3.8, 4) is 0 Å². The van der Waals surface area contributed by atoms with Crippen molar-refractivity contribution in [1.29, 1.82) is 0 Å². The van der Waals surface area contributed by atoms with Crippen LogP contribution < -0.4 is 5.32 Å². The minimum Gasteiger partial charge on any atom is -0.322 e. The van der Waals surface area contributed by atoms with Crippen LogP contribution in [0.3, 0.4) is 0 Å². The number of nitrogens with zero attached hydrogens (tertiary/aromatic N) is 5. The molecule has 2 aromatic rings. The van der Waals surface area contributed by atoms with Gasteiger partial charge in [-0.3, -0.25) is 19.1 Å². The van der Waals surface area contributed by atoms with Gasteiger partial charge in [0, 0.05) is 26.3 Å². The Morgan fingerprint density at radius 3 is 2.64 bits per heavy atom. The van der Waals surface area contributed by atoms with E-state index < -0.39 is 0 Å². The summed E-state index contributed by atoms with van der Waals surface area (Å²) in [5, 5.41) is 11.6. The highest BCUT2D eigenvalue weighted by Crippen LogP contribution is 2.21. The Labute approximate surface area is 129 Å². The van der Waals surface area contributed by atoms with Gasteiger partial charge in [0.05, 0.1) is 35.9 Å². The summed E-state index contributed by atoms with van der Waals surface area (Å²) in [6, 6.07) is 0.378. The quantitative estimate of drug-likeness (QED) is 0.916. The number of amides is 1. The molecule has 1 aliphatic rings. The molecule has 0 bridgehead atoms. The van der Waals surface area contributed by atoms with Crippen LogP contribution in [0.25, 0.3) is 0 Å². The van der Waals surface area contributed by atoms with E-state index in [9.17, 15) is 4.79 Å². The highest BCUT2D eigenvalue weighted by atomic mass is 16.2. The number of hydrogen-bond acceptors (Lipinski definition) is 4. The summed E-state index contributed by atoms with van der Waals surface area (Å²) in [5.74, 6) is 0.00861. The molecule has 3 rings (SSSR count). The van der Waals surface area contributed by atoms with E-state index in [4.69, 9.17) is 0 Å². The van der Waals surface area contributed by atoms with Gasteiger partial charge >= 0.3 is 0 Å². The molecule has 3 heterocycles. The third-order valence-corrected chi connectivity index (χ3v) is 4.18. The number of carbonyl (C=O) groups is 1. The molecule has 118 valence electrons. The van der Waals surface area contributed by atoms with Gasteiger partial charge in [-0.15, -0.1) is 0 Å². The summed E-state index contributed by atoms with van der Waals surface area (Å²) < 4.78 is 3.77. The number of nitrogens with one attached hydrogen (secondary N) is 1. The van der Waals surface area contributed by atoms with E-state index in [1.54, 1.807) is 4.68 Å². The minimum atomic E-state index is 0.00861. The molecule has 0 aromatic carbocycles. The maximum atomic E-state index is 12.2. The summed E-state index contributed by atoms with van der Waals surface area (Å²) in [4.78, 5) is 14.3. The molecule has 2 aromatic heterocycles. The van der Waals surface area contributed by atoms with Crippen molar-refractivity contribution in [2.24, 2.45) is 7.05 Å². The molecular weight excluding hydrogens is 280 g/mol. The largest absolute Gasteiger partial charge is 0.322 e. The smallest absolute Gasteiger partial charge is 0.238 e. The number of anilines is 1. The van der Waals surface area contributed by atoms with E-state index in [0.717, 1.165) is 30.2 Å². The first-order chi connectivity index (χ1) is 10.4. The Kier molecular flexibility index (Phi) is 3.74. The fourth-order valence-corrected chi connectivity index (χ4v) is 2.81. The van der Waals surface area contributed by atoms with Crippen LogP contribution in [-0.2, 0) is 11.8 Å². The second-order valence-corrected chi connectivity index (χ2v) is 6.06. The first-order valence-electron chi connectivity index (χ1n) is 7.47. The number of rotatable bonds is 4. The second-order valence-electron chi connectivity index (χ2n) is 6.06. The van der Waals surface area contributed by atoms with Crippen LogP contribution in [0.5, 0.6) is 0 Å². The number of carbonyl (C=O) groups excluding carboxylic acids is 1. The Morgan fingerprint density at radius 1 is 1.36 bits per heavy atom. The summed E-state index contributed by atoms with van der Waals surface area (Å²) in [6.07, 6.45) is 3.91. The summed E-state index contributed by atoms with van der Waals surface area (Å²) >= 11 is 0. The molecule has 1 amide bonds. The average Bonchev–Trinajstić information content (AvgIpc) is 2.93. The minimum absolute atomic E-state index is 0.00861. The van der Waals surface area contributed by atoms with Crippen molar-refractivity contribution in [3.63, 3.8) is 0 Å². The van der Waals surface area contributed by atoms with Crippen LogP contribution in [0.15, 0.2) is 12.4 Å². The highest BCUT2D eigenvalue weighted by molar-refractivity contribution is 5.93. The Balaban J connectivity index is 1.51. The number of hydrogen-bond donors (Lipinski definition) is 1. The van der Waals surface area contributed by atoms with E-state index in [1.807, 2.05) is 44.9 Å². The predicted octanol–water partition coefficient (Wildman–Crippen LogP) is 1.04. The number of aryl methyl sites for hydroxylation is 3. The normalized spacial score (nSPS) is 15.8. The van der Waals surface area contributed by atoms with Gasteiger partial charge in [-0.05, 0) is 26.3 Å². The predicted molar refractivity (Wildman–Crippen MR) is 83.8 cm³/mol. The van der Waals surface area contributed by atoms with Gasteiger partial charge in [-0.1, -0.05) is 0 Å². The van der Waals surface area contributed by atoms with Gasteiger partial charge in [0.2, 0.25) is 5.91 Å². The zero-order valence-corrected chi connectivity index (χ0v) is 13.5. The standard InChI is InChI=1S/C15H22N6O/c1-10-5-16-21(6-10)13-7-20(8-13)9-14(22)17-15-11(2)18-19(4)12(15)3/h5-6,13H,7-9H2,1-4H3,(H,17,22). The maximum absolute atomic E-state index is 12.2. The van der Waals surface area contributed by atoms with Crippen molar-refractivity contribution in [1.82, 2.24) is 24.5 Å². The third kappa shape index (κ3) is 2.76. The fourth-order valence-electron chi connectivity index (χ4n) is 2.81. The van der Waals surface area contributed by atoms with Crippen LogP contribution in [-0.4, -0.2) is 50.0 Å². The zero-order chi connectivity index (χ0) is 15.9. The van der Waals surface area contributed by atoms with Gasteiger partial charge < -0.3 is 5.32 Å². The van der Waals surface area contributed by atoms with Crippen LogP contribution >= 0.6 is 0 Å². The fraction of sp³-hybridized carbons (Fsp3) is 0.533. The molecule has 22 heavy (non-hydrogen) atoms. The number of aromatic nitrogens is 4. The average molecular weight is 302 g/mol. The molecule has 7 nitrogen and oxygen atoms in total. The lowest BCUT2D eigenvalue weighted by Crippen LogP contribution is -2.50. The molecule has 1 aliphatic heterocycles. The van der Waals surface area contributed by atoms with E-state index in [2.05, 4.69) is 20.4 Å². The van der Waals surface area contributed by atoms with Gasteiger partial charge in [0.1, 0.15) is 0 Å². The van der Waals surface area contributed by atoms with E-state index in [0.29, 0.717) is 12.6 Å². The Bertz CT molecular complexity index is 695. The van der Waals surface area contributed by atoms with Gasteiger partial charge in [-0.2, -0.15) is 10.2 Å². The molecule has 0 saturated carbocycles. The van der Waals surface area contributed by atoms with E-state index in [-0.39, 0.29) is 5.91 Å². The highest BCUT2D eigenvalue weighted by Gasteiger charge is 2.30. The second kappa shape index (κ2) is 5.57. The Morgan fingerprint density at radius 2 is 2.09 bits per heavy atom. The molecule has 0 atom stereocenters. The lowest BCUT2D eigenvalue weighted by molar-refractivity contribution is -0.118. The van der Waals surface area contributed by atoms with E-state index in [1.165, 1.54) is 5.56 Å². The molecular formula is C15H22N6O. The van der Waals surface area contributed by atoms with Crippen molar-refractivity contribution >= 4 is 11.6 Å². The van der Waals surface area contributed by atoms with Gasteiger partial charge in [0.25, 0.3) is 0 Å². The van der Waals surface area contributed by atoms with Crippen LogP contribution in [0.2, 0.25) is 0 Å². The molecule has 1 N–H and O–H groups in total. The topological polar surface area (TPSA) is 68.0 Å². The first kappa shape index (κ1) is 14.8. The SMILES string of the molecule is Cc1cnn(C2CN(CC(=O)Nc3c(C)nn(C)c3C)C2)c1. The third-order valence-electron chi connectivity index (χ3n) is 4.18. The van der Waals surface area contributed by atoms with Crippen LogP contribution in [0, 0.1) is 20.8 Å². The summed E-state index contributed by atoms with van der Waals surface area (Å²) in [6.45, 7) is 8.02. The van der Waals surface area contributed by atoms with Gasteiger partial charge in [0.15, 0.2) is 0 Å². The number of likely N-dealkylation sites (tertiary alicyclic amines) is 1. The van der Waals surface area contributed by atoms with Crippen molar-refractivity contribution < 1.29 is 4.79 Å². The van der Waals surface area contributed by atoms with Crippen LogP contribution in [0.4, 0.5) is 5.69 Å². The van der Waals surface area contributed by atoms with Crippen molar-refractivity contribution in [3.05, 3.63) is 29.3 Å². The molecule has 1 fully saturated rings. The molecule has 0 aliphatic carbocycles. The van der Waals surface area contributed by atoms with Crippen LogP contribution in [0.1, 0.15) is 23.0 Å². The maximum Gasteiger partial charge on any atom is 0.238 e. The lowest BCUT2D eigenvalue weighted by Gasteiger charge is -2.38. The van der Waals surface area contributed by atoms with Gasteiger partial charge in [-0.25, -0.2) is 0 Å². The molecule has 0 radical (unpaired) electrons. The molecule has 0 unspecified atom stereocenters. The monoisotopic (exact) mass is 302 g/mol. The lowest BCUT2D eigenvalue weighted by atomic mass is 10.1. The summed E-state index contributed by atoms with van der Waals surface area (Å²) in [5.41, 5.74) is 3.81.